The Hall–Kier alpha value is -3.54. The second-order valence-corrected chi connectivity index (χ2v) is 5.99. The number of carbonyl (C=O) groups is 2. The summed E-state index contributed by atoms with van der Waals surface area (Å²) in [5, 5.41) is 2.62. The maximum Gasteiger partial charge on any atom is 0.287 e. The highest BCUT2D eigenvalue weighted by Crippen LogP contribution is 2.14. The van der Waals surface area contributed by atoms with Crippen LogP contribution in [0.3, 0.4) is 0 Å². The lowest BCUT2D eigenvalue weighted by Gasteiger charge is -2.14. The molecule has 0 fully saturated rings. The molecule has 2 amide bonds. The molecule has 0 spiro atoms. The number of hydrogen-bond acceptors (Lipinski definition) is 4. The van der Waals surface area contributed by atoms with Crippen molar-refractivity contribution in [3.05, 3.63) is 89.9 Å². The standard InChI is InChI=1S/C21H20N2O4/c22-20(24)18(13-15-7-3-1-4-8-15)23-21(25)19-12-11-17(27-19)14-26-16-9-5-2-6-10-16/h1-12,18H,13-14H2,(H2,22,24)(H,23,25)/t18-/m0/s1. The predicted octanol–water partition coefficient (Wildman–Crippen LogP) is 2.69. The largest absolute Gasteiger partial charge is 0.486 e. The van der Waals surface area contributed by atoms with Gasteiger partial charge in [0.1, 0.15) is 24.2 Å². The fourth-order valence-electron chi connectivity index (χ4n) is 2.55. The van der Waals surface area contributed by atoms with Gasteiger partial charge in [-0.25, -0.2) is 0 Å². The van der Waals surface area contributed by atoms with E-state index in [1.165, 1.54) is 0 Å². The minimum absolute atomic E-state index is 0.0981. The van der Waals surface area contributed by atoms with E-state index < -0.39 is 17.9 Å². The van der Waals surface area contributed by atoms with Gasteiger partial charge in [-0.1, -0.05) is 48.5 Å². The number of ether oxygens (including phenoxy) is 1. The van der Waals surface area contributed by atoms with Crippen molar-refractivity contribution in [2.24, 2.45) is 5.73 Å². The number of primary amides is 1. The first-order valence-corrected chi connectivity index (χ1v) is 8.52. The highest BCUT2D eigenvalue weighted by Gasteiger charge is 2.21. The van der Waals surface area contributed by atoms with Gasteiger partial charge in [0.15, 0.2) is 5.76 Å². The molecule has 0 aliphatic carbocycles. The average molecular weight is 364 g/mol. The Bertz CT molecular complexity index is 891. The zero-order chi connectivity index (χ0) is 19.1. The molecule has 0 aliphatic rings. The highest BCUT2D eigenvalue weighted by atomic mass is 16.5. The second kappa shape index (κ2) is 8.71. The van der Waals surface area contributed by atoms with E-state index in [1.54, 1.807) is 12.1 Å². The zero-order valence-electron chi connectivity index (χ0n) is 14.6. The van der Waals surface area contributed by atoms with Crippen LogP contribution in [0.4, 0.5) is 0 Å². The normalized spacial score (nSPS) is 11.6. The van der Waals surface area contributed by atoms with Crippen molar-refractivity contribution in [1.29, 1.82) is 0 Å². The van der Waals surface area contributed by atoms with Gasteiger partial charge in [0.05, 0.1) is 0 Å². The molecule has 0 saturated heterocycles. The first-order valence-electron chi connectivity index (χ1n) is 8.52. The maximum atomic E-state index is 12.4. The van der Waals surface area contributed by atoms with Gasteiger partial charge >= 0.3 is 0 Å². The van der Waals surface area contributed by atoms with Gasteiger partial charge in [-0.2, -0.15) is 0 Å². The molecule has 2 aromatic carbocycles. The molecule has 6 nitrogen and oxygen atoms in total. The Balaban J connectivity index is 1.59. The van der Waals surface area contributed by atoms with E-state index in [9.17, 15) is 9.59 Å². The molecular formula is C21H20N2O4. The SMILES string of the molecule is NC(=O)[C@H](Cc1ccccc1)NC(=O)c1ccc(COc2ccccc2)o1. The van der Waals surface area contributed by atoms with Crippen LogP contribution in [-0.2, 0) is 17.8 Å². The summed E-state index contributed by atoms with van der Waals surface area (Å²) in [5.74, 6) is 0.201. The fraction of sp³-hybridized carbons (Fsp3) is 0.143. The van der Waals surface area contributed by atoms with E-state index in [0.29, 0.717) is 17.9 Å². The summed E-state index contributed by atoms with van der Waals surface area (Å²) >= 11 is 0. The Morgan fingerprint density at radius 3 is 2.30 bits per heavy atom. The molecule has 6 heteroatoms. The number of benzene rings is 2. The molecule has 0 radical (unpaired) electrons. The van der Waals surface area contributed by atoms with Crippen molar-refractivity contribution in [1.82, 2.24) is 5.32 Å². The van der Waals surface area contributed by atoms with E-state index >= 15 is 0 Å². The summed E-state index contributed by atoms with van der Waals surface area (Å²) in [6, 6.07) is 21.0. The van der Waals surface area contributed by atoms with E-state index in [1.807, 2.05) is 60.7 Å². The van der Waals surface area contributed by atoms with Gasteiger partial charge in [0, 0.05) is 6.42 Å². The first kappa shape index (κ1) is 18.3. The molecule has 0 saturated carbocycles. The second-order valence-electron chi connectivity index (χ2n) is 5.99. The number of para-hydroxylation sites is 1. The number of furan rings is 1. The average Bonchev–Trinajstić information content (AvgIpc) is 3.16. The zero-order valence-corrected chi connectivity index (χ0v) is 14.6. The summed E-state index contributed by atoms with van der Waals surface area (Å²) in [4.78, 5) is 24.1. The first-order chi connectivity index (χ1) is 13.1. The van der Waals surface area contributed by atoms with Crippen LogP contribution in [0, 0.1) is 0 Å². The van der Waals surface area contributed by atoms with Crippen molar-refractivity contribution >= 4 is 11.8 Å². The molecule has 3 aromatic rings. The number of nitrogens with one attached hydrogen (secondary N) is 1. The minimum atomic E-state index is -0.825. The predicted molar refractivity (Wildman–Crippen MR) is 100 cm³/mol. The van der Waals surface area contributed by atoms with Crippen molar-refractivity contribution in [2.75, 3.05) is 0 Å². The minimum Gasteiger partial charge on any atom is -0.486 e. The van der Waals surface area contributed by atoms with Gasteiger partial charge in [-0.3, -0.25) is 9.59 Å². The van der Waals surface area contributed by atoms with Crippen molar-refractivity contribution in [3.63, 3.8) is 0 Å². The van der Waals surface area contributed by atoms with E-state index in [2.05, 4.69) is 5.32 Å². The van der Waals surface area contributed by atoms with Crippen LogP contribution in [-0.4, -0.2) is 17.9 Å². The lowest BCUT2D eigenvalue weighted by Crippen LogP contribution is -2.45. The molecule has 3 rings (SSSR count). The third-order valence-electron chi connectivity index (χ3n) is 3.94. The Morgan fingerprint density at radius 1 is 0.963 bits per heavy atom. The molecule has 0 unspecified atom stereocenters. The maximum absolute atomic E-state index is 12.4. The Kier molecular flexibility index (Phi) is 5.89. The summed E-state index contributed by atoms with van der Waals surface area (Å²) in [5.41, 5.74) is 6.32. The summed E-state index contributed by atoms with van der Waals surface area (Å²) in [6.07, 6.45) is 0.312. The summed E-state index contributed by atoms with van der Waals surface area (Å²) in [7, 11) is 0. The van der Waals surface area contributed by atoms with Crippen LogP contribution < -0.4 is 15.8 Å². The number of nitrogens with two attached hydrogens (primary N) is 1. The number of rotatable bonds is 8. The monoisotopic (exact) mass is 364 g/mol. The van der Waals surface area contributed by atoms with Crippen LogP contribution in [0.15, 0.2) is 77.2 Å². The van der Waals surface area contributed by atoms with Crippen LogP contribution in [0.1, 0.15) is 21.9 Å². The third kappa shape index (κ3) is 5.22. The molecular weight excluding hydrogens is 344 g/mol. The summed E-state index contributed by atoms with van der Waals surface area (Å²) in [6.45, 7) is 0.195. The lowest BCUT2D eigenvalue weighted by molar-refractivity contribution is -0.119. The van der Waals surface area contributed by atoms with Crippen LogP contribution in [0.25, 0.3) is 0 Å². The smallest absolute Gasteiger partial charge is 0.287 e. The van der Waals surface area contributed by atoms with E-state index in [0.717, 1.165) is 5.56 Å². The number of carbonyl (C=O) groups excluding carboxylic acids is 2. The molecule has 1 atom stereocenters. The van der Waals surface area contributed by atoms with Crippen molar-refractivity contribution in [2.45, 2.75) is 19.1 Å². The van der Waals surface area contributed by atoms with Crippen LogP contribution in [0.5, 0.6) is 5.75 Å². The highest BCUT2D eigenvalue weighted by molar-refractivity contribution is 5.95. The quantitative estimate of drug-likeness (QED) is 0.642. The van der Waals surface area contributed by atoms with Gasteiger partial charge in [-0.15, -0.1) is 0 Å². The van der Waals surface area contributed by atoms with Gasteiger partial charge < -0.3 is 20.2 Å². The fourth-order valence-corrected chi connectivity index (χ4v) is 2.55. The van der Waals surface area contributed by atoms with Gasteiger partial charge in [0.2, 0.25) is 5.91 Å². The molecule has 1 heterocycles. The third-order valence-corrected chi connectivity index (χ3v) is 3.94. The number of amides is 2. The van der Waals surface area contributed by atoms with Crippen LogP contribution >= 0.6 is 0 Å². The van der Waals surface area contributed by atoms with Crippen molar-refractivity contribution in [3.8, 4) is 5.75 Å². The number of hydrogen-bond donors (Lipinski definition) is 2. The molecule has 0 aliphatic heterocycles. The van der Waals surface area contributed by atoms with Crippen molar-refractivity contribution < 1.29 is 18.7 Å². The topological polar surface area (TPSA) is 94.6 Å². The molecule has 1 aromatic heterocycles. The van der Waals surface area contributed by atoms with Gasteiger partial charge in [0.25, 0.3) is 5.91 Å². The Labute approximate surface area is 156 Å². The molecule has 3 N–H and O–H groups in total. The molecule has 0 bridgehead atoms. The van der Waals surface area contributed by atoms with Gasteiger partial charge in [-0.05, 0) is 29.8 Å². The van der Waals surface area contributed by atoms with E-state index in [-0.39, 0.29) is 12.4 Å². The van der Waals surface area contributed by atoms with Crippen LogP contribution in [0.2, 0.25) is 0 Å². The Morgan fingerprint density at radius 2 is 1.63 bits per heavy atom. The summed E-state index contributed by atoms with van der Waals surface area (Å²) < 4.78 is 11.1. The lowest BCUT2D eigenvalue weighted by atomic mass is 10.1. The van der Waals surface area contributed by atoms with E-state index in [4.69, 9.17) is 14.9 Å². The molecule has 138 valence electrons. The molecule has 27 heavy (non-hydrogen) atoms.